The summed E-state index contributed by atoms with van der Waals surface area (Å²) in [5.41, 5.74) is 5.98. The number of nitrogens with zero attached hydrogens (tertiary/aromatic N) is 2. The first-order valence-corrected chi connectivity index (χ1v) is 4.60. The number of halogens is 3. The normalized spacial score (nSPS) is 11.6. The Labute approximate surface area is 90.6 Å². The lowest BCUT2D eigenvalue weighted by atomic mass is 10.3. The lowest BCUT2D eigenvalue weighted by Gasteiger charge is -2.11. The van der Waals surface area contributed by atoms with E-state index in [-0.39, 0.29) is 11.7 Å². The van der Waals surface area contributed by atoms with Crippen molar-refractivity contribution >= 4 is 5.82 Å². The van der Waals surface area contributed by atoms with Crippen molar-refractivity contribution in [1.29, 1.82) is 0 Å². The van der Waals surface area contributed by atoms with Gasteiger partial charge in [0, 0.05) is 0 Å². The van der Waals surface area contributed by atoms with Gasteiger partial charge < -0.3 is 10.5 Å². The molecule has 0 atom stereocenters. The van der Waals surface area contributed by atoms with Gasteiger partial charge in [-0.1, -0.05) is 0 Å². The van der Waals surface area contributed by atoms with Crippen LogP contribution in [0.1, 0.15) is 17.8 Å². The first-order valence-electron chi connectivity index (χ1n) is 4.60. The van der Waals surface area contributed by atoms with Crippen molar-refractivity contribution in [2.75, 3.05) is 12.3 Å². The van der Waals surface area contributed by atoms with Gasteiger partial charge in [0.25, 0.3) is 0 Å². The Kier molecular flexibility index (Phi) is 3.56. The van der Waals surface area contributed by atoms with E-state index in [2.05, 4.69) is 9.97 Å². The topological polar surface area (TPSA) is 61.0 Å². The summed E-state index contributed by atoms with van der Waals surface area (Å²) in [6, 6.07) is 0. The molecule has 0 amide bonds. The molecule has 0 radical (unpaired) electrons. The molecule has 1 heterocycles. The van der Waals surface area contributed by atoms with Gasteiger partial charge in [-0.05, 0) is 13.8 Å². The molecule has 0 spiro atoms. The molecule has 90 valence electrons. The lowest BCUT2D eigenvalue weighted by molar-refractivity contribution is -0.139. The van der Waals surface area contributed by atoms with Crippen molar-refractivity contribution in [2.45, 2.75) is 26.4 Å². The minimum absolute atomic E-state index is 0.106. The van der Waals surface area contributed by atoms with Crippen molar-refractivity contribution < 1.29 is 17.9 Å². The Morgan fingerprint density at radius 1 is 1.25 bits per heavy atom. The standard InChI is InChI=1S/C9H12F3N3O/c1-5-7(13)14-6(2)15-8(5)16-4-3-9(10,11)12/h3-4H2,1-2H3,(H2,13,14,15). The fourth-order valence-corrected chi connectivity index (χ4v) is 1.03. The predicted octanol–water partition coefficient (Wildman–Crippen LogP) is 2.01. The molecule has 0 bridgehead atoms. The number of nitrogens with two attached hydrogens (primary N) is 1. The van der Waals surface area contributed by atoms with Crippen LogP contribution in [0.15, 0.2) is 0 Å². The van der Waals surface area contributed by atoms with Crippen LogP contribution in [0.4, 0.5) is 19.0 Å². The van der Waals surface area contributed by atoms with Crippen molar-refractivity contribution in [3.63, 3.8) is 0 Å². The fourth-order valence-electron chi connectivity index (χ4n) is 1.03. The van der Waals surface area contributed by atoms with E-state index < -0.39 is 19.2 Å². The van der Waals surface area contributed by atoms with E-state index in [1.165, 1.54) is 0 Å². The molecule has 1 aromatic rings. The maximum Gasteiger partial charge on any atom is 0.392 e. The Morgan fingerprint density at radius 3 is 2.44 bits per heavy atom. The molecule has 0 fully saturated rings. The van der Waals surface area contributed by atoms with Crippen LogP contribution in [0.25, 0.3) is 0 Å². The highest BCUT2D eigenvalue weighted by molar-refractivity contribution is 5.44. The summed E-state index contributed by atoms with van der Waals surface area (Å²) in [7, 11) is 0. The quantitative estimate of drug-likeness (QED) is 0.870. The molecule has 2 N–H and O–H groups in total. The number of hydrogen-bond acceptors (Lipinski definition) is 4. The van der Waals surface area contributed by atoms with Gasteiger partial charge in [0.05, 0.1) is 18.6 Å². The summed E-state index contributed by atoms with van der Waals surface area (Å²) in [6.07, 6.45) is -5.25. The molecule has 0 aliphatic heterocycles. The molecule has 7 heteroatoms. The summed E-state index contributed by atoms with van der Waals surface area (Å²) in [4.78, 5) is 7.73. The summed E-state index contributed by atoms with van der Waals surface area (Å²) in [6.45, 7) is 2.71. The van der Waals surface area contributed by atoms with Gasteiger partial charge >= 0.3 is 6.18 Å². The first-order chi connectivity index (χ1) is 7.29. The highest BCUT2D eigenvalue weighted by atomic mass is 19.4. The van der Waals surface area contributed by atoms with E-state index >= 15 is 0 Å². The van der Waals surface area contributed by atoms with Crippen LogP contribution in [0.5, 0.6) is 5.88 Å². The third-order valence-corrected chi connectivity index (χ3v) is 1.87. The smallest absolute Gasteiger partial charge is 0.392 e. The summed E-state index contributed by atoms with van der Waals surface area (Å²) in [5, 5.41) is 0. The Hall–Kier alpha value is -1.53. The van der Waals surface area contributed by atoms with E-state index in [9.17, 15) is 13.2 Å². The molecule has 4 nitrogen and oxygen atoms in total. The second-order valence-electron chi connectivity index (χ2n) is 3.30. The van der Waals surface area contributed by atoms with Crippen molar-refractivity contribution in [3.8, 4) is 5.88 Å². The van der Waals surface area contributed by atoms with Crippen LogP contribution >= 0.6 is 0 Å². The summed E-state index contributed by atoms with van der Waals surface area (Å²) < 4.78 is 40.6. The summed E-state index contributed by atoms with van der Waals surface area (Å²) >= 11 is 0. The number of aromatic nitrogens is 2. The Morgan fingerprint density at radius 2 is 1.88 bits per heavy atom. The van der Waals surface area contributed by atoms with Crippen LogP contribution in [0.2, 0.25) is 0 Å². The number of alkyl halides is 3. The predicted molar refractivity (Wildman–Crippen MR) is 52.1 cm³/mol. The zero-order valence-electron chi connectivity index (χ0n) is 8.93. The van der Waals surface area contributed by atoms with Gasteiger partial charge in [-0.3, -0.25) is 0 Å². The third kappa shape index (κ3) is 3.56. The molecule has 1 rings (SSSR count). The molecule has 0 saturated carbocycles. The van der Waals surface area contributed by atoms with Crippen LogP contribution in [0.3, 0.4) is 0 Å². The van der Waals surface area contributed by atoms with Crippen molar-refractivity contribution in [1.82, 2.24) is 9.97 Å². The largest absolute Gasteiger partial charge is 0.477 e. The molecular formula is C9H12F3N3O. The summed E-state index contributed by atoms with van der Waals surface area (Å²) in [5.74, 6) is 0.689. The molecule has 0 saturated heterocycles. The van der Waals surface area contributed by atoms with Gasteiger partial charge in [-0.15, -0.1) is 0 Å². The minimum Gasteiger partial charge on any atom is -0.477 e. The van der Waals surface area contributed by atoms with Crippen LogP contribution in [0, 0.1) is 13.8 Å². The molecular weight excluding hydrogens is 223 g/mol. The Balaban J connectivity index is 2.67. The second kappa shape index (κ2) is 4.54. The zero-order valence-corrected chi connectivity index (χ0v) is 8.93. The number of aryl methyl sites for hydroxylation is 1. The van der Waals surface area contributed by atoms with Gasteiger partial charge in [-0.25, -0.2) is 4.98 Å². The van der Waals surface area contributed by atoms with Gasteiger partial charge in [-0.2, -0.15) is 18.2 Å². The van der Waals surface area contributed by atoms with Crippen LogP contribution in [-0.2, 0) is 0 Å². The number of rotatable bonds is 3. The first kappa shape index (κ1) is 12.5. The maximum absolute atomic E-state index is 11.9. The Bertz CT molecular complexity index is 379. The van der Waals surface area contributed by atoms with E-state index in [1.807, 2.05) is 0 Å². The van der Waals surface area contributed by atoms with E-state index in [4.69, 9.17) is 10.5 Å². The SMILES string of the molecule is Cc1nc(N)c(C)c(OCCC(F)(F)F)n1. The fraction of sp³-hybridized carbons (Fsp3) is 0.556. The highest BCUT2D eigenvalue weighted by Crippen LogP contribution is 2.22. The highest BCUT2D eigenvalue weighted by Gasteiger charge is 2.27. The lowest BCUT2D eigenvalue weighted by Crippen LogP contribution is -2.14. The monoisotopic (exact) mass is 235 g/mol. The van der Waals surface area contributed by atoms with Crippen LogP contribution in [-0.4, -0.2) is 22.8 Å². The van der Waals surface area contributed by atoms with Crippen LogP contribution < -0.4 is 10.5 Å². The average Bonchev–Trinajstić information content (AvgIpc) is 2.11. The maximum atomic E-state index is 11.9. The number of ether oxygens (including phenoxy) is 1. The molecule has 0 aliphatic rings. The zero-order chi connectivity index (χ0) is 12.3. The number of nitrogen functional groups attached to an aromatic ring is 1. The minimum atomic E-state index is -4.23. The average molecular weight is 235 g/mol. The van der Waals surface area contributed by atoms with E-state index in [0.717, 1.165) is 0 Å². The van der Waals surface area contributed by atoms with E-state index in [1.54, 1.807) is 13.8 Å². The molecule has 0 aromatic carbocycles. The van der Waals surface area contributed by atoms with Crippen molar-refractivity contribution in [3.05, 3.63) is 11.4 Å². The second-order valence-corrected chi connectivity index (χ2v) is 3.30. The molecule has 1 aromatic heterocycles. The molecule has 0 unspecified atom stereocenters. The number of anilines is 1. The van der Waals surface area contributed by atoms with E-state index in [0.29, 0.717) is 11.4 Å². The van der Waals surface area contributed by atoms with Gasteiger partial charge in [0.2, 0.25) is 5.88 Å². The number of hydrogen-bond donors (Lipinski definition) is 1. The molecule has 16 heavy (non-hydrogen) atoms. The van der Waals surface area contributed by atoms with Gasteiger partial charge in [0.1, 0.15) is 11.6 Å². The van der Waals surface area contributed by atoms with Crippen molar-refractivity contribution in [2.24, 2.45) is 0 Å². The van der Waals surface area contributed by atoms with Gasteiger partial charge in [0.15, 0.2) is 0 Å². The third-order valence-electron chi connectivity index (χ3n) is 1.87. The molecule has 0 aliphatic carbocycles.